The van der Waals surface area contributed by atoms with Crippen molar-refractivity contribution in [3.63, 3.8) is 0 Å². The smallest absolute Gasteiger partial charge is 0.198 e. The second-order valence-corrected chi connectivity index (χ2v) is 4.22. The molecule has 0 bridgehead atoms. The maximum Gasteiger partial charge on any atom is 0.198 e. The average Bonchev–Trinajstić information content (AvgIpc) is 2.70. The van der Waals surface area contributed by atoms with Crippen LogP contribution < -0.4 is 5.73 Å². The Hall–Kier alpha value is -1.39. The van der Waals surface area contributed by atoms with E-state index in [9.17, 15) is 0 Å². The van der Waals surface area contributed by atoms with Gasteiger partial charge in [-0.2, -0.15) is 0 Å². The predicted octanol–water partition coefficient (Wildman–Crippen LogP) is 1.94. The van der Waals surface area contributed by atoms with Gasteiger partial charge >= 0.3 is 0 Å². The molecule has 2 aromatic rings. The van der Waals surface area contributed by atoms with Gasteiger partial charge in [0, 0.05) is 5.92 Å². The molecular formula is C12H16N2O2. The molecule has 1 aromatic heterocycles. The van der Waals surface area contributed by atoms with E-state index in [2.05, 4.69) is 4.98 Å². The summed E-state index contributed by atoms with van der Waals surface area (Å²) < 4.78 is 5.58. The van der Waals surface area contributed by atoms with Crippen LogP contribution in [0.4, 0.5) is 0 Å². The Morgan fingerprint density at radius 1 is 1.44 bits per heavy atom. The van der Waals surface area contributed by atoms with Crippen LogP contribution in [0.1, 0.15) is 37.3 Å². The molecule has 0 saturated carbocycles. The number of fused-ring (bicyclic) bond motifs is 1. The molecule has 86 valence electrons. The fraction of sp³-hybridized carbons (Fsp3) is 0.417. The van der Waals surface area contributed by atoms with Gasteiger partial charge in [-0.25, -0.2) is 4.98 Å². The molecule has 4 nitrogen and oxygen atoms in total. The summed E-state index contributed by atoms with van der Waals surface area (Å²) in [6.07, 6.45) is 0. The summed E-state index contributed by atoms with van der Waals surface area (Å²) in [5.41, 5.74) is 8.18. The first-order valence-corrected chi connectivity index (χ1v) is 5.38. The van der Waals surface area contributed by atoms with Crippen LogP contribution >= 0.6 is 0 Å². The van der Waals surface area contributed by atoms with Crippen LogP contribution in [0.2, 0.25) is 0 Å². The van der Waals surface area contributed by atoms with Crippen LogP contribution in [-0.2, 0) is 0 Å². The van der Waals surface area contributed by atoms with Gasteiger partial charge in [0.25, 0.3) is 0 Å². The Kier molecular flexibility index (Phi) is 2.94. The SMILES string of the molecule is CC(C)c1nc2cc(C(N)CO)ccc2o1. The van der Waals surface area contributed by atoms with Crippen molar-refractivity contribution >= 4 is 11.1 Å². The van der Waals surface area contributed by atoms with Gasteiger partial charge in [0.2, 0.25) is 0 Å². The minimum Gasteiger partial charge on any atom is -0.440 e. The van der Waals surface area contributed by atoms with Crippen molar-refractivity contribution in [2.75, 3.05) is 6.61 Å². The number of rotatable bonds is 3. The Bertz CT molecular complexity index is 491. The molecule has 0 radical (unpaired) electrons. The van der Waals surface area contributed by atoms with E-state index in [-0.39, 0.29) is 18.6 Å². The fourth-order valence-corrected chi connectivity index (χ4v) is 1.55. The number of hydrogen-bond donors (Lipinski definition) is 2. The molecule has 1 heterocycles. The topological polar surface area (TPSA) is 72.3 Å². The fourth-order valence-electron chi connectivity index (χ4n) is 1.55. The Morgan fingerprint density at radius 2 is 2.19 bits per heavy atom. The zero-order valence-corrected chi connectivity index (χ0v) is 9.47. The van der Waals surface area contributed by atoms with E-state index in [1.165, 1.54) is 0 Å². The third-order valence-electron chi connectivity index (χ3n) is 2.55. The molecule has 1 aromatic carbocycles. The molecule has 0 aliphatic carbocycles. The minimum atomic E-state index is -0.358. The lowest BCUT2D eigenvalue weighted by molar-refractivity contribution is 0.268. The third-order valence-corrected chi connectivity index (χ3v) is 2.55. The molecule has 3 N–H and O–H groups in total. The van der Waals surface area contributed by atoms with Crippen LogP contribution in [0.15, 0.2) is 22.6 Å². The van der Waals surface area contributed by atoms with E-state index in [4.69, 9.17) is 15.3 Å². The molecular weight excluding hydrogens is 204 g/mol. The highest BCUT2D eigenvalue weighted by Gasteiger charge is 2.11. The van der Waals surface area contributed by atoms with Gasteiger partial charge in [0.1, 0.15) is 5.52 Å². The number of hydrogen-bond acceptors (Lipinski definition) is 4. The predicted molar refractivity (Wildman–Crippen MR) is 62.1 cm³/mol. The highest BCUT2D eigenvalue weighted by Crippen LogP contribution is 2.23. The first-order valence-electron chi connectivity index (χ1n) is 5.38. The Labute approximate surface area is 94.1 Å². The highest BCUT2D eigenvalue weighted by atomic mass is 16.3. The number of nitrogens with two attached hydrogens (primary N) is 1. The van der Waals surface area contributed by atoms with E-state index in [0.29, 0.717) is 0 Å². The van der Waals surface area contributed by atoms with Gasteiger partial charge in [-0.15, -0.1) is 0 Å². The lowest BCUT2D eigenvalue weighted by Gasteiger charge is -2.06. The number of oxazole rings is 1. The quantitative estimate of drug-likeness (QED) is 0.829. The van der Waals surface area contributed by atoms with E-state index in [1.807, 2.05) is 32.0 Å². The van der Waals surface area contributed by atoms with Crippen molar-refractivity contribution in [3.05, 3.63) is 29.7 Å². The van der Waals surface area contributed by atoms with Crippen molar-refractivity contribution in [1.82, 2.24) is 4.98 Å². The van der Waals surface area contributed by atoms with Crippen molar-refractivity contribution in [2.24, 2.45) is 5.73 Å². The van der Waals surface area contributed by atoms with E-state index in [0.717, 1.165) is 22.6 Å². The maximum absolute atomic E-state index is 8.98. The van der Waals surface area contributed by atoms with Crippen molar-refractivity contribution in [3.8, 4) is 0 Å². The first kappa shape index (κ1) is 11.1. The van der Waals surface area contributed by atoms with Crippen molar-refractivity contribution in [1.29, 1.82) is 0 Å². The second kappa shape index (κ2) is 4.23. The second-order valence-electron chi connectivity index (χ2n) is 4.22. The van der Waals surface area contributed by atoms with Gasteiger partial charge in [-0.1, -0.05) is 19.9 Å². The molecule has 4 heteroatoms. The van der Waals surface area contributed by atoms with E-state index in [1.54, 1.807) is 0 Å². The van der Waals surface area contributed by atoms with Crippen molar-refractivity contribution in [2.45, 2.75) is 25.8 Å². The van der Waals surface area contributed by atoms with E-state index >= 15 is 0 Å². The summed E-state index contributed by atoms with van der Waals surface area (Å²) in [6, 6.07) is 5.21. The third kappa shape index (κ3) is 1.94. The number of benzene rings is 1. The monoisotopic (exact) mass is 220 g/mol. The summed E-state index contributed by atoms with van der Waals surface area (Å²) >= 11 is 0. The molecule has 0 aliphatic rings. The van der Waals surface area contributed by atoms with Gasteiger partial charge in [-0.05, 0) is 17.7 Å². The summed E-state index contributed by atoms with van der Waals surface area (Å²) in [7, 11) is 0. The zero-order valence-electron chi connectivity index (χ0n) is 9.47. The molecule has 0 aliphatic heterocycles. The molecule has 2 rings (SSSR count). The molecule has 1 atom stereocenters. The number of aromatic nitrogens is 1. The van der Waals surface area contributed by atoms with Crippen LogP contribution in [0, 0.1) is 0 Å². The standard InChI is InChI=1S/C12H16N2O2/c1-7(2)12-14-10-5-8(9(13)6-15)3-4-11(10)16-12/h3-5,7,9,15H,6,13H2,1-2H3. The summed E-state index contributed by atoms with van der Waals surface area (Å²) in [5, 5.41) is 8.98. The van der Waals surface area contributed by atoms with Crippen LogP contribution in [-0.4, -0.2) is 16.7 Å². The molecule has 0 fully saturated rings. The van der Waals surface area contributed by atoms with Crippen LogP contribution in [0.25, 0.3) is 11.1 Å². The largest absolute Gasteiger partial charge is 0.440 e. The van der Waals surface area contributed by atoms with Gasteiger partial charge in [0.15, 0.2) is 11.5 Å². The number of aliphatic hydroxyl groups excluding tert-OH is 1. The van der Waals surface area contributed by atoms with E-state index < -0.39 is 0 Å². The van der Waals surface area contributed by atoms with Crippen LogP contribution in [0.5, 0.6) is 0 Å². The number of aliphatic hydroxyl groups is 1. The lowest BCUT2D eigenvalue weighted by atomic mass is 10.1. The lowest BCUT2D eigenvalue weighted by Crippen LogP contribution is -2.14. The summed E-state index contributed by atoms with van der Waals surface area (Å²) in [5.74, 6) is 0.993. The van der Waals surface area contributed by atoms with Gasteiger partial charge in [0.05, 0.1) is 12.6 Å². The first-order chi connectivity index (χ1) is 7.61. The van der Waals surface area contributed by atoms with Crippen molar-refractivity contribution < 1.29 is 9.52 Å². The Balaban J connectivity index is 2.45. The summed E-state index contributed by atoms with van der Waals surface area (Å²) in [6.45, 7) is 4.00. The average molecular weight is 220 g/mol. The molecule has 1 unspecified atom stereocenters. The normalized spacial score (nSPS) is 13.6. The number of nitrogens with zero attached hydrogens (tertiary/aromatic N) is 1. The van der Waals surface area contributed by atoms with Gasteiger partial charge in [-0.3, -0.25) is 0 Å². The summed E-state index contributed by atoms with van der Waals surface area (Å²) in [4.78, 5) is 4.39. The van der Waals surface area contributed by atoms with Gasteiger partial charge < -0.3 is 15.3 Å². The molecule has 0 spiro atoms. The van der Waals surface area contributed by atoms with Crippen LogP contribution in [0.3, 0.4) is 0 Å². The zero-order chi connectivity index (χ0) is 11.7. The maximum atomic E-state index is 8.98. The minimum absolute atomic E-state index is 0.0691. The molecule has 16 heavy (non-hydrogen) atoms. The highest BCUT2D eigenvalue weighted by molar-refractivity contribution is 5.73. The molecule has 0 amide bonds. The Morgan fingerprint density at radius 3 is 2.81 bits per heavy atom. The molecule has 0 saturated heterocycles.